The lowest BCUT2D eigenvalue weighted by Crippen LogP contribution is -2.27. The summed E-state index contributed by atoms with van der Waals surface area (Å²) in [4.78, 5) is 16.7. The van der Waals surface area contributed by atoms with Gasteiger partial charge in [0.25, 0.3) is 5.91 Å². The molecule has 0 saturated carbocycles. The van der Waals surface area contributed by atoms with Crippen LogP contribution in [-0.4, -0.2) is 24.0 Å². The number of benzene rings is 1. The van der Waals surface area contributed by atoms with Crippen LogP contribution in [0.3, 0.4) is 0 Å². The van der Waals surface area contributed by atoms with Crippen LogP contribution in [0.2, 0.25) is 0 Å². The molecular weight excluding hydrogens is 307 g/mol. The van der Waals surface area contributed by atoms with Gasteiger partial charge in [-0.05, 0) is 56.3 Å². The SMILES string of the molecule is N#Cc1ccc(C(=O)Nc2cccc(C3CCNCC3)n2)c(F)c1. The molecule has 0 aliphatic carbocycles. The average molecular weight is 324 g/mol. The molecule has 5 nitrogen and oxygen atoms in total. The Hall–Kier alpha value is -2.78. The summed E-state index contributed by atoms with van der Waals surface area (Å²) in [6, 6.07) is 11.1. The molecule has 1 fully saturated rings. The molecule has 1 aliphatic rings. The number of piperidine rings is 1. The van der Waals surface area contributed by atoms with Crippen LogP contribution in [0, 0.1) is 17.1 Å². The van der Waals surface area contributed by atoms with Crippen LogP contribution in [0.25, 0.3) is 0 Å². The molecule has 2 aromatic rings. The van der Waals surface area contributed by atoms with Crippen LogP contribution >= 0.6 is 0 Å². The van der Waals surface area contributed by atoms with Gasteiger partial charge in [0.1, 0.15) is 11.6 Å². The maximum absolute atomic E-state index is 13.9. The van der Waals surface area contributed by atoms with E-state index in [1.807, 2.05) is 18.2 Å². The van der Waals surface area contributed by atoms with Crippen molar-refractivity contribution >= 4 is 11.7 Å². The largest absolute Gasteiger partial charge is 0.317 e. The number of pyridine rings is 1. The highest BCUT2D eigenvalue weighted by Gasteiger charge is 2.18. The molecule has 0 unspecified atom stereocenters. The third-order valence-corrected chi connectivity index (χ3v) is 4.11. The van der Waals surface area contributed by atoms with Gasteiger partial charge < -0.3 is 10.6 Å². The molecule has 0 radical (unpaired) electrons. The summed E-state index contributed by atoms with van der Waals surface area (Å²) < 4.78 is 13.9. The van der Waals surface area contributed by atoms with Crippen molar-refractivity contribution in [2.24, 2.45) is 0 Å². The monoisotopic (exact) mass is 324 g/mol. The van der Waals surface area contributed by atoms with Crippen molar-refractivity contribution in [3.05, 3.63) is 59.0 Å². The van der Waals surface area contributed by atoms with Crippen LogP contribution in [0.1, 0.15) is 40.4 Å². The van der Waals surface area contributed by atoms with Gasteiger partial charge in [-0.3, -0.25) is 4.79 Å². The molecule has 122 valence electrons. The van der Waals surface area contributed by atoms with Crippen LogP contribution in [0.5, 0.6) is 0 Å². The quantitative estimate of drug-likeness (QED) is 0.910. The molecule has 2 N–H and O–H groups in total. The van der Waals surface area contributed by atoms with Crippen molar-refractivity contribution in [2.45, 2.75) is 18.8 Å². The van der Waals surface area contributed by atoms with Crippen molar-refractivity contribution < 1.29 is 9.18 Å². The minimum absolute atomic E-state index is 0.108. The highest BCUT2D eigenvalue weighted by atomic mass is 19.1. The number of anilines is 1. The predicted molar refractivity (Wildman–Crippen MR) is 88.1 cm³/mol. The molecule has 6 heteroatoms. The van der Waals surface area contributed by atoms with Crippen molar-refractivity contribution in [3.63, 3.8) is 0 Å². The second-order valence-electron chi connectivity index (χ2n) is 5.73. The van der Waals surface area contributed by atoms with E-state index in [9.17, 15) is 9.18 Å². The van der Waals surface area contributed by atoms with E-state index in [2.05, 4.69) is 15.6 Å². The zero-order chi connectivity index (χ0) is 16.9. The topological polar surface area (TPSA) is 77.8 Å². The van der Waals surface area contributed by atoms with Gasteiger partial charge in [0, 0.05) is 11.6 Å². The van der Waals surface area contributed by atoms with E-state index in [0.29, 0.717) is 11.7 Å². The van der Waals surface area contributed by atoms with Crippen molar-refractivity contribution in [3.8, 4) is 6.07 Å². The molecule has 24 heavy (non-hydrogen) atoms. The predicted octanol–water partition coefficient (Wildman–Crippen LogP) is 2.81. The Balaban J connectivity index is 1.76. The number of hydrogen-bond acceptors (Lipinski definition) is 4. The summed E-state index contributed by atoms with van der Waals surface area (Å²) in [6.07, 6.45) is 2.02. The van der Waals surface area contributed by atoms with Gasteiger partial charge in [0.15, 0.2) is 0 Å². The molecular formula is C18H17FN4O. The van der Waals surface area contributed by atoms with E-state index in [0.717, 1.165) is 37.7 Å². The number of carbonyl (C=O) groups is 1. The molecule has 1 aliphatic heterocycles. The summed E-state index contributed by atoms with van der Waals surface area (Å²) in [7, 11) is 0. The van der Waals surface area contributed by atoms with Gasteiger partial charge >= 0.3 is 0 Å². The van der Waals surface area contributed by atoms with Crippen LogP contribution in [0.4, 0.5) is 10.2 Å². The van der Waals surface area contributed by atoms with Gasteiger partial charge in [-0.15, -0.1) is 0 Å². The van der Waals surface area contributed by atoms with E-state index in [4.69, 9.17) is 5.26 Å². The van der Waals surface area contributed by atoms with Gasteiger partial charge in [-0.25, -0.2) is 9.37 Å². The van der Waals surface area contributed by atoms with Crippen LogP contribution < -0.4 is 10.6 Å². The number of nitrogens with zero attached hydrogens (tertiary/aromatic N) is 2. The molecule has 0 spiro atoms. The third kappa shape index (κ3) is 3.58. The molecule has 1 amide bonds. The summed E-state index contributed by atoms with van der Waals surface area (Å²) in [5.74, 6) is -0.525. The maximum Gasteiger partial charge on any atom is 0.259 e. The van der Waals surface area contributed by atoms with Crippen molar-refractivity contribution in [1.82, 2.24) is 10.3 Å². The number of carbonyl (C=O) groups excluding carboxylic acids is 1. The Bertz CT molecular complexity index is 794. The Labute approximate surface area is 139 Å². The van der Waals surface area contributed by atoms with Gasteiger partial charge in [0.05, 0.1) is 17.2 Å². The standard InChI is InChI=1S/C18H17FN4O/c19-15-10-12(11-20)4-5-14(15)18(24)23-17-3-1-2-16(22-17)13-6-8-21-9-7-13/h1-5,10,13,21H,6-9H2,(H,22,23,24). The fourth-order valence-electron chi connectivity index (χ4n) is 2.82. The first-order chi connectivity index (χ1) is 11.7. The lowest BCUT2D eigenvalue weighted by Gasteiger charge is -2.22. The molecule has 1 aromatic heterocycles. The number of nitriles is 1. The van der Waals surface area contributed by atoms with Gasteiger partial charge in [-0.2, -0.15) is 5.26 Å². The minimum atomic E-state index is -0.721. The molecule has 0 atom stereocenters. The van der Waals surface area contributed by atoms with Gasteiger partial charge in [0.2, 0.25) is 0 Å². The third-order valence-electron chi connectivity index (χ3n) is 4.11. The molecule has 1 saturated heterocycles. The zero-order valence-corrected chi connectivity index (χ0v) is 13.1. The van der Waals surface area contributed by atoms with E-state index in [-0.39, 0.29) is 11.1 Å². The Morgan fingerprint density at radius 1 is 1.29 bits per heavy atom. The number of nitrogens with one attached hydrogen (secondary N) is 2. The first-order valence-corrected chi connectivity index (χ1v) is 7.86. The van der Waals surface area contributed by atoms with E-state index in [1.165, 1.54) is 12.1 Å². The smallest absolute Gasteiger partial charge is 0.259 e. The van der Waals surface area contributed by atoms with Crippen LogP contribution in [-0.2, 0) is 0 Å². The van der Waals surface area contributed by atoms with Crippen LogP contribution in [0.15, 0.2) is 36.4 Å². The average Bonchev–Trinajstić information content (AvgIpc) is 2.62. The Morgan fingerprint density at radius 3 is 2.79 bits per heavy atom. The maximum atomic E-state index is 13.9. The zero-order valence-electron chi connectivity index (χ0n) is 13.1. The first-order valence-electron chi connectivity index (χ1n) is 7.86. The summed E-state index contributed by atoms with van der Waals surface area (Å²) in [5, 5.41) is 14.7. The lowest BCUT2D eigenvalue weighted by atomic mass is 9.94. The van der Waals surface area contributed by atoms with Gasteiger partial charge in [-0.1, -0.05) is 6.07 Å². The fourth-order valence-corrected chi connectivity index (χ4v) is 2.82. The molecule has 1 aromatic carbocycles. The fraction of sp³-hybridized carbons (Fsp3) is 0.278. The lowest BCUT2D eigenvalue weighted by molar-refractivity contribution is 0.102. The number of aromatic nitrogens is 1. The minimum Gasteiger partial charge on any atom is -0.317 e. The number of halogens is 1. The second kappa shape index (κ2) is 7.20. The second-order valence-corrected chi connectivity index (χ2v) is 5.73. The normalized spacial score (nSPS) is 14.8. The van der Waals surface area contributed by atoms with E-state index < -0.39 is 11.7 Å². The summed E-state index contributed by atoms with van der Waals surface area (Å²) in [6.45, 7) is 1.92. The molecule has 0 bridgehead atoms. The van der Waals surface area contributed by atoms with Crippen molar-refractivity contribution in [2.75, 3.05) is 18.4 Å². The van der Waals surface area contributed by atoms with Crippen molar-refractivity contribution in [1.29, 1.82) is 5.26 Å². The highest BCUT2D eigenvalue weighted by molar-refractivity contribution is 6.04. The van der Waals surface area contributed by atoms with E-state index in [1.54, 1.807) is 6.07 Å². The Kier molecular flexibility index (Phi) is 4.82. The summed E-state index contributed by atoms with van der Waals surface area (Å²) in [5.41, 5.74) is 1.01. The Morgan fingerprint density at radius 2 is 2.08 bits per heavy atom. The number of hydrogen-bond donors (Lipinski definition) is 2. The first kappa shape index (κ1) is 16.1. The number of rotatable bonds is 3. The van der Waals surface area contributed by atoms with E-state index >= 15 is 0 Å². The molecule has 2 heterocycles. The highest BCUT2D eigenvalue weighted by Crippen LogP contribution is 2.24. The number of amides is 1. The molecule has 3 rings (SSSR count). The summed E-state index contributed by atoms with van der Waals surface area (Å²) >= 11 is 0.